The Morgan fingerprint density at radius 2 is 1.94 bits per heavy atom. The minimum absolute atomic E-state index is 0.0868. The molecule has 0 N–H and O–H groups in total. The number of nitrogens with zero attached hydrogens (tertiary/aromatic N) is 1. The largest absolute Gasteiger partial charge is 0.300 e. The molecule has 0 fully saturated rings. The van der Waals surface area contributed by atoms with Crippen LogP contribution in [-0.2, 0) is 6.54 Å². The van der Waals surface area contributed by atoms with Gasteiger partial charge in [-0.25, -0.2) is 0 Å². The van der Waals surface area contributed by atoms with Crippen molar-refractivity contribution in [2.75, 3.05) is 13.6 Å². The Kier molecular flexibility index (Phi) is 4.60. The van der Waals surface area contributed by atoms with Gasteiger partial charge in [0.1, 0.15) is 0 Å². The maximum atomic E-state index is 6.38. The summed E-state index contributed by atoms with van der Waals surface area (Å²) >= 11 is 8.10. The highest BCUT2D eigenvalue weighted by Gasteiger charge is 2.11. The van der Waals surface area contributed by atoms with Gasteiger partial charge < -0.3 is 4.90 Å². The Bertz CT molecular complexity index is 427. The fourth-order valence-electron chi connectivity index (χ4n) is 1.79. The van der Waals surface area contributed by atoms with Crippen LogP contribution in [0.3, 0.4) is 0 Å². The number of alkyl halides is 1. The average molecular weight is 266 g/mol. The molecule has 0 aliphatic rings. The molecule has 1 atom stereocenters. The van der Waals surface area contributed by atoms with Gasteiger partial charge in [-0.2, -0.15) is 0 Å². The molecule has 17 heavy (non-hydrogen) atoms. The Morgan fingerprint density at radius 1 is 1.18 bits per heavy atom. The van der Waals surface area contributed by atoms with Gasteiger partial charge in [0.25, 0.3) is 0 Å². The Hall–Kier alpha value is -0.830. The molecule has 1 aromatic carbocycles. The van der Waals surface area contributed by atoms with Crippen LogP contribution in [0.1, 0.15) is 15.8 Å². The van der Waals surface area contributed by atoms with Gasteiger partial charge in [-0.15, -0.1) is 22.9 Å². The Balaban J connectivity index is 1.87. The lowest BCUT2D eigenvalue weighted by Crippen LogP contribution is -2.21. The van der Waals surface area contributed by atoms with Gasteiger partial charge in [0.15, 0.2) is 0 Å². The second kappa shape index (κ2) is 6.20. The fraction of sp³-hybridized carbons (Fsp3) is 0.286. The fourth-order valence-corrected chi connectivity index (χ4v) is 2.95. The van der Waals surface area contributed by atoms with Crippen LogP contribution >= 0.6 is 22.9 Å². The monoisotopic (exact) mass is 265 g/mol. The molecule has 2 aromatic rings. The lowest BCUT2D eigenvalue weighted by Gasteiger charge is -2.19. The van der Waals surface area contributed by atoms with Gasteiger partial charge in [0.2, 0.25) is 0 Å². The van der Waals surface area contributed by atoms with E-state index in [0.717, 1.165) is 13.1 Å². The summed E-state index contributed by atoms with van der Waals surface area (Å²) in [5, 5.41) is 2.16. The highest BCUT2D eigenvalue weighted by atomic mass is 35.5. The van der Waals surface area contributed by atoms with Crippen molar-refractivity contribution in [2.45, 2.75) is 11.9 Å². The number of rotatable bonds is 5. The molecule has 0 saturated heterocycles. The number of likely N-dealkylation sites (N-methyl/N-ethyl adjacent to an activating group) is 1. The first-order chi connectivity index (χ1) is 8.25. The summed E-state index contributed by atoms with van der Waals surface area (Å²) in [6.07, 6.45) is 0. The predicted molar refractivity (Wildman–Crippen MR) is 75.7 cm³/mol. The molecule has 1 heterocycles. The SMILES string of the molecule is CN(Cc1ccccc1)CC(Cl)c1cccs1. The maximum Gasteiger partial charge on any atom is 0.0805 e. The lowest BCUT2D eigenvalue weighted by atomic mass is 10.2. The van der Waals surface area contributed by atoms with Crippen LogP contribution in [0.5, 0.6) is 0 Å². The second-order valence-electron chi connectivity index (χ2n) is 4.17. The van der Waals surface area contributed by atoms with Crippen molar-refractivity contribution >= 4 is 22.9 Å². The molecule has 3 heteroatoms. The number of hydrogen-bond donors (Lipinski definition) is 0. The third-order valence-corrected chi connectivity index (χ3v) is 4.11. The minimum Gasteiger partial charge on any atom is -0.300 e. The first-order valence-electron chi connectivity index (χ1n) is 5.65. The molecule has 0 saturated carbocycles. The van der Waals surface area contributed by atoms with E-state index in [1.807, 2.05) is 12.1 Å². The van der Waals surface area contributed by atoms with Crippen LogP contribution in [-0.4, -0.2) is 18.5 Å². The lowest BCUT2D eigenvalue weighted by molar-refractivity contribution is 0.328. The van der Waals surface area contributed by atoms with E-state index in [1.54, 1.807) is 11.3 Å². The van der Waals surface area contributed by atoms with Crippen molar-refractivity contribution in [3.8, 4) is 0 Å². The number of halogens is 1. The summed E-state index contributed by atoms with van der Waals surface area (Å²) in [7, 11) is 2.11. The van der Waals surface area contributed by atoms with Gasteiger partial charge in [-0.1, -0.05) is 36.4 Å². The zero-order valence-corrected chi connectivity index (χ0v) is 11.4. The van der Waals surface area contributed by atoms with Crippen LogP contribution in [0, 0.1) is 0 Å². The maximum absolute atomic E-state index is 6.38. The normalized spacial score (nSPS) is 12.9. The Morgan fingerprint density at radius 3 is 2.59 bits per heavy atom. The van der Waals surface area contributed by atoms with Crippen LogP contribution in [0.4, 0.5) is 0 Å². The van der Waals surface area contributed by atoms with E-state index in [1.165, 1.54) is 10.4 Å². The van der Waals surface area contributed by atoms with Gasteiger partial charge in [-0.05, 0) is 24.1 Å². The average Bonchev–Trinajstić information content (AvgIpc) is 2.83. The van der Waals surface area contributed by atoms with E-state index in [-0.39, 0.29) is 5.38 Å². The van der Waals surface area contributed by atoms with Crippen molar-refractivity contribution in [3.05, 3.63) is 58.3 Å². The summed E-state index contributed by atoms with van der Waals surface area (Å²) in [5.41, 5.74) is 1.32. The summed E-state index contributed by atoms with van der Waals surface area (Å²) < 4.78 is 0. The first-order valence-corrected chi connectivity index (χ1v) is 6.97. The molecule has 0 aliphatic heterocycles. The standard InChI is InChI=1S/C14H16ClNS/c1-16(10-12-6-3-2-4-7-12)11-13(15)14-8-5-9-17-14/h2-9,13H,10-11H2,1H3. The van der Waals surface area contributed by atoms with Gasteiger partial charge in [0, 0.05) is 18.0 Å². The molecular weight excluding hydrogens is 250 g/mol. The van der Waals surface area contributed by atoms with Crippen molar-refractivity contribution in [2.24, 2.45) is 0 Å². The van der Waals surface area contributed by atoms with Crippen LogP contribution in [0.15, 0.2) is 47.8 Å². The van der Waals surface area contributed by atoms with Crippen molar-refractivity contribution in [1.29, 1.82) is 0 Å². The molecule has 1 unspecified atom stereocenters. The van der Waals surface area contributed by atoms with Gasteiger partial charge >= 0.3 is 0 Å². The van der Waals surface area contributed by atoms with E-state index in [9.17, 15) is 0 Å². The third kappa shape index (κ3) is 3.84. The van der Waals surface area contributed by atoms with E-state index in [2.05, 4.69) is 47.7 Å². The highest BCUT2D eigenvalue weighted by molar-refractivity contribution is 7.10. The van der Waals surface area contributed by atoms with E-state index in [4.69, 9.17) is 11.6 Å². The predicted octanol–water partition coefficient (Wildman–Crippen LogP) is 4.16. The zero-order chi connectivity index (χ0) is 12.1. The molecule has 0 amide bonds. The summed E-state index contributed by atoms with van der Waals surface area (Å²) in [5.74, 6) is 0. The number of hydrogen-bond acceptors (Lipinski definition) is 2. The highest BCUT2D eigenvalue weighted by Crippen LogP contribution is 2.25. The number of benzene rings is 1. The zero-order valence-electron chi connectivity index (χ0n) is 9.84. The van der Waals surface area contributed by atoms with Crippen molar-refractivity contribution in [3.63, 3.8) is 0 Å². The quantitative estimate of drug-likeness (QED) is 0.734. The molecular formula is C14H16ClNS. The number of thiophene rings is 1. The molecule has 1 aromatic heterocycles. The van der Waals surface area contributed by atoms with E-state index in [0.29, 0.717) is 0 Å². The third-order valence-electron chi connectivity index (χ3n) is 2.62. The molecule has 0 aliphatic carbocycles. The second-order valence-corrected chi connectivity index (χ2v) is 5.67. The Labute approximate surface area is 112 Å². The minimum atomic E-state index is 0.0868. The smallest absolute Gasteiger partial charge is 0.0805 e. The molecule has 2 rings (SSSR count). The van der Waals surface area contributed by atoms with Crippen LogP contribution < -0.4 is 0 Å². The van der Waals surface area contributed by atoms with Crippen LogP contribution in [0.25, 0.3) is 0 Å². The molecule has 0 bridgehead atoms. The van der Waals surface area contributed by atoms with Gasteiger partial charge in [-0.3, -0.25) is 0 Å². The summed E-state index contributed by atoms with van der Waals surface area (Å²) in [4.78, 5) is 3.50. The van der Waals surface area contributed by atoms with E-state index < -0.39 is 0 Å². The topological polar surface area (TPSA) is 3.24 Å². The molecule has 0 spiro atoms. The molecule has 0 radical (unpaired) electrons. The van der Waals surface area contributed by atoms with E-state index >= 15 is 0 Å². The van der Waals surface area contributed by atoms with Crippen molar-refractivity contribution in [1.82, 2.24) is 4.90 Å². The van der Waals surface area contributed by atoms with Crippen molar-refractivity contribution < 1.29 is 0 Å². The molecule has 90 valence electrons. The van der Waals surface area contributed by atoms with Gasteiger partial charge in [0.05, 0.1) is 5.38 Å². The summed E-state index contributed by atoms with van der Waals surface area (Å²) in [6, 6.07) is 14.6. The van der Waals surface area contributed by atoms with Crippen LogP contribution in [0.2, 0.25) is 0 Å². The first kappa shape index (κ1) is 12.6. The summed E-state index contributed by atoms with van der Waals surface area (Å²) in [6.45, 7) is 1.81. The molecule has 1 nitrogen and oxygen atoms in total.